The van der Waals surface area contributed by atoms with E-state index in [0.29, 0.717) is 6.54 Å². The smallest absolute Gasteiger partial charge is 0.287 e. The molecule has 0 spiro atoms. The first-order chi connectivity index (χ1) is 7.24. The number of amides is 1. The van der Waals surface area contributed by atoms with E-state index in [1.807, 2.05) is 0 Å². The molecule has 0 radical (unpaired) electrons. The minimum Gasteiger partial charge on any atom is -0.436 e. The molecule has 15 heavy (non-hydrogen) atoms. The van der Waals surface area contributed by atoms with Crippen molar-refractivity contribution in [2.24, 2.45) is 0 Å². The zero-order valence-corrected chi connectivity index (χ0v) is 9.08. The maximum atomic E-state index is 11.4. The molecule has 4 nitrogen and oxygen atoms in total. The Kier molecular flexibility index (Phi) is 4.74. The van der Waals surface area contributed by atoms with E-state index in [2.05, 4.69) is 12.2 Å². The lowest BCUT2D eigenvalue weighted by Crippen LogP contribution is -2.23. The summed E-state index contributed by atoms with van der Waals surface area (Å²) in [6.45, 7) is 2.85. The number of anilines is 1. The summed E-state index contributed by atoms with van der Waals surface area (Å²) < 4.78 is 4.99. The van der Waals surface area contributed by atoms with Crippen molar-refractivity contribution in [3.63, 3.8) is 0 Å². The summed E-state index contributed by atoms with van der Waals surface area (Å²) in [7, 11) is 0. The van der Waals surface area contributed by atoms with Gasteiger partial charge >= 0.3 is 0 Å². The predicted molar refractivity (Wildman–Crippen MR) is 59.6 cm³/mol. The van der Waals surface area contributed by atoms with E-state index >= 15 is 0 Å². The van der Waals surface area contributed by atoms with Crippen LogP contribution in [-0.2, 0) is 0 Å². The molecular weight excluding hydrogens is 192 g/mol. The summed E-state index contributed by atoms with van der Waals surface area (Å²) >= 11 is 0. The molecule has 0 aliphatic rings. The van der Waals surface area contributed by atoms with Crippen LogP contribution >= 0.6 is 0 Å². The van der Waals surface area contributed by atoms with Crippen LogP contribution in [0.15, 0.2) is 16.5 Å². The number of nitrogen functional groups attached to an aromatic ring is 1. The number of nitrogens with one attached hydrogen (secondary N) is 1. The van der Waals surface area contributed by atoms with Gasteiger partial charge < -0.3 is 15.5 Å². The fourth-order valence-electron chi connectivity index (χ4n) is 1.32. The van der Waals surface area contributed by atoms with Gasteiger partial charge in [-0.25, -0.2) is 0 Å². The SMILES string of the molecule is CCCCCCNC(=O)c1ccc(N)o1. The maximum absolute atomic E-state index is 11.4. The number of hydrogen-bond acceptors (Lipinski definition) is 3. The lowest BCUT2D eigenvalue weighted by molar-refractivity contribution is 0.0926. The predicted octanol–water partition coefficient (Wildman–Crippen LogP) is 2.17. The summed E-state index contributed by atoms with van der Waals surface area (Å²) in [6, 6.07) is 3.16. The third-order valence-corrected chi connectivity index (χ3v) is 2.17. The second-order valence-corrected chi connectivity index (χ2v) is 3.52. The molecule has 1 rings (SSSR count). The largest absolute Gasteiger partial charge is 0.436 e. The van der Waals surface area contributed by atoms with E-state index in [-0.39, 0.29) is 17.6 Å². The van der Waals surface area contributed by atoms with Crippen LogP contribution in [0.3, 0.4) is 0 Å². The molecule has 3 N–H and O–H groups in total. The Morgan fingerprint density at radius 1 is 1.40 bits per heavy atom. The van der Waals surface area contributed by atoms with Crippen LogP contribution in [0.1, 0.15) is 43.2 Å². The van der Waals surface area contributed by atoms with Gasteiger partial charge in [0.15, 0.2) is 11.6 Å². The average Bonchev–Trinajstić information content (AvgIpc) is 2.64. The Balaban J connectivity index is 2.19. The van der Waals surface area contributed by atoms with Gasteiger partial charge in [-0.2, -0.15) is 0 Å². The molecule has 84 valence electrons. The number of carbonyl (C=O) groups is 1. The zero-order valence-electron chi connectivity index (χ0n) is 9.08. The van der Waals surface area contributed by atoms with E-state index < -0.39 is 0 Å². The molecule has 0 saturated heterocycles. The van der Waals surface area contributed by atoms with Gasteiger partial charge in [-0.3, -0.25) is 4.79 Å². The van der Waals surface area contributed by atoms with Crippen molar-refractivity contribution >= 4 is 11.8 Å². The molecule has 1 amide bonds. The van der Waals surface area contributed by atoms with Gasteiger partial charge in [0.2, 0.25) is 0 Å². The first kappa shape index (κ1) is 11.6. The number of nitrogens with two attached hydrogens (primary N) is 1. The molecule has 0 bridgehead atoms. The van der Waals surface area contributed by atoms with Crippen molar-refractivity contribution in [1.29, 1.82) is 0 Å². The lowest BCUT2D eigenvalue weighted by atomic mass is 10.2. The Morgan fingerprint density at radius 2 is 2.20 bits per heavy atom. The fraction of sp³-hybridized carbons (Fsp3) is 0.545. The van der Waals surface area contributed by atoms with Crippen molar-refractivity contribution in [1.82, 2.24) is 5.32 Å². The number of hydrogen-bond donors (Lipinski definition) is 2. The van der Waals surface area contributed by atoms with E-state index in [1.54, 1.807) is 12.1 Å². The first-order valence-electron chi connectivity index (χ1n) is 5.37. The highest BCUT2D eigenvalue weighted by atomic mass is 16.4. The molecule has 0 saturated carbocycles. The molecule has 0 fully saturated rings. The number of rotatable bonds is 6. The Hall–Kier alpha value is -1.45. The molecule has 1 heterocycles. The first-order valence-corrected chi connectivity index (χ1v) is 5.37. The topological polar surface area (TPSA) is 68.3 Å². The molecule has 0 aliphatic carbocycles. The van der Waals surface area contributed by atoms with Gasteiger partial charge in [0.1, 0.15) is 0 Å². The van der Waals surface area contributed by atoms with Gasteiger partial charge in [-0.15, -0.1) is 0 Å². The van der Waals surface area contributed by atoms with Gasteiger partial charge in [0.25, 0.3) is 5.91 Å². The van der Waals surface area contributed by atoms with E-state index in [0.717, 1.165) is 12.8 Å². The number of carbonyl (C=O) groups excluding carboxylic acids is 1. The van der Waals surface area contributed by atoms with Crippen LogP contribution in [0.25, 0.3) is 0 Å². The summed E-state index contributed by atoms with van der Waals surface area (Å²) in [6.07, 6.45) is 4.57. The highest BCUT2D eigenvalue weighted by Gasteiger charge is 2.08. The Bertz CT molecular complexity index is 307. The Morgan fingerprint density at radius 3 is 2.80 bits per heavy atom. The van der Waals surface area contributed by atoms with Crippen LogP contribution in [0.2, 0.25) is 0 Å². The van der Waals surface area contributed by atoms with E-state index in [1.165, 1.54) is 12.8 Å². The van der Waals surface area contributed by atoms with E-state index in [4.69, 9.17) is 10.2 Å². The molecule has 4 heteroatoms. The third-order valence-electron chi connectivity index (χ3n) is 2.17. The van der Waals surface area contributed by atoms with Crippen LogP contribution in [0.5, 0.6) is 0 Å². The van der Waals surface area contributed by atoms with Gasteiger partial charge in [0, 0.05) is 12.6 Å². The second kappa shape index (κ2) is 6.11. The summed E-state index contributed by atoms with van der Waals surface area (Å²) in [5, 5.41) is 2.78. The standard InChI is InChI=1S/C11H18N2O2/c1-2-3-4-5-8-13-11(14)9-6-7-10(12)15-9/h6-7H,2-5,8,12H2,1H3,(H,13,14). The molecular formula is C11H18N2O2. The minimum atomic E-state index is -0.191. The van der Waals surface area contributed by atoms with Crippen molar-refractivity contribution in [2.75, 3.05) is 12.3 Å². The highest BCUT2D eigenvalue weighted by Crippen LogP contribution is 2.08. The molecule has 1 aromatic rings. The van der Waals surface area contributed by atoms with Crippen LogP contribution in [-0.4, -0.2) is 12.5 Å². The normalized spacial score (nSPS) is 10.2. The van der Waals surface area contributed by atoms with Crippen molar-refractivity contribution < 1.29 is 9.21 Å². The summed E-state index contributed by atoms with van der Waals surface area (Å²) in [5.74, 6) is 0.359. The lowest BCUT2D eigenvalue weighted by Gasteiger charge is -2.02. The molecule has 0 unspecified atom stereocenters. The summed E-state index contributed by atoms with van der Waals surface area (Å²) in [4.78, 5) is 11.4. The van der Waals surface area contributed by atoms with Crippen LogP contribution < -0.4 is 11.1 Å². The monoisotopic (exact) mass is 210 g/mol. The fourth-order valence-corrected chi connectivity index (χ4v) is 1.32. The van der Waals surface area contributed by atoms with E-state index in [9.17, 15) is 4.79 Å². The van der Waals surface area contributed by atoms with Crippen LogP contribution in [0.4, 0.5) is 5.88 Å². The number of furan rings is 1. The zero-order chi connectivity index (χ0) is 11.1. The summed E-state index contributed by atoms with van der Waals surface area (Å²) in [5.41, 5.74) is 5.36. The van der Waals surface area contributed by atoms with Gasteiger partial charge in [-0.1, -0.05) is 26.2 Å². The molecule has 0 aromatic carbocycles. The van der Waals surface area contributed by atoms with Crippen molar-refractivity contribution in [3.05, 3.63) is 17.9 Å². The number of unbranched alkanes of at least 4 members (excludes halogenated alkanes) is 3. The maximum Gasteiger partial charge on any atom is 0.287 e. The molecule has 0 atom stereocenters. The second-order valence-electron chi connectivity index (χ2n) is 3.52. The third kappa shape index (κ3) is 4.06. The quantitative estimate of drug-likeness (QED) is 0.707. The minimum absolute atomic E-state index is 0.191. The van der Waals surface area contributed by atoms with Crippen molar-refractivity contribution in [2.45, 2.75) is 32.6 Å². The highest BCUT2D eigenvalue weighted by molar-refractivity contribution is 5.91. The Labute approximate surface area is 89.8 Å². The molecule has 1 aromatic heterocycles. The van der Waals surface area contributed by atoms with Gasteiger partial charge in [0.05, 0.1) is 0 Å². The van der Waals surface area contributed by atoms with Gasteiger partial charge in [-0.05, 0) is 12.5 Å². The average molecular weight is 210 g/mol. The van der Waals surface area contributed by atoms with Crippen molar-refractivity contribution in [3.8, 4) is 0 Å². The van der Waals surface area contributed by atoms with Crippen LogP contribution in [0, 0.1) is 0 Å². The molecule has 0 aliphatic heterocycles.